The number of hydrogen-bond acceptors (Lipinski definition) is 4. The summed E-state index contributed by atoms with van der Waals surface area (Å²) in [4.78, 5) is 10.4. The number of rotatable bonds is 0. The van der Waals surface area contributed by atoms with Crippen LogP contribution in [0.15, 0.2) is 9.98 Å². The fraction of sp³-hybridized carbons (Fsp3) is 0.714. The van der Waals surface area contributed by atoms with Gasteiger partial charge in [-0.3, -0.25) is 0 Å². The number of hydrogen-bond donors (Lipinski definition) is 1. The molecule has 0 amide bonds. The quantitative estimate of drug-likeness (QED) is 0.536. The molecule has 1 heterocycles. The zero-order valence-electron chi connectivity index (χ0n) is 7.20. The van der Waals surface area contributed by atoms with Gasteiger partial charge in [-0.15, -0.1) is 0 Å². The maximum absolute atomic E-state index is 5.60. The summed E-state index contributed by atoms with van der Waals surface area (Å²) in [7, 11) is 3.92. The zero-order chi connectivity index (χ0) is 8.43. The summed E-state index contributed by atoms with van der Waals surface area (Å²) in [6.45, 7) is 1.93. The predicted octanol–water partition coefficient (Wildman–Crippen LogP) is 0.0534. The first-order valence-corrected chi connectivity index (χ1v) is 3.65. The van der Waals surface area contributed by atoms with Crippen LogP contribution in [0.25, 0.3) is 0 Å². The van der Waals surface area contributed by atoms with Crippen molar-refractivity contribution in [1.82, 2.24) is 4.90 Å². The maximum Gasteiger partial charge on any atom is 0.140 e. The zero-order valence-corrected chi connectivity index (χ0v) is 7.20. The van der Waals surface area contributed by atoms with Gasteiger partial charge in [0.1, 0.15) is 17.8 Å². The van der Waals surface area contributed by atoms with Crippen molar-refractivity contribution in [2.45, 2.75) is 19.5 Å². The second-order valence-electron chi connectivity index (χ2n) is 2.87. The molecule has 1 unspecified atom stereocenters. The molecular weight excluding hydrogens is 140 g/mol. The van der Waals surface area contributed by atoms with E-state index in [0.717, 1.165) is 5.84 Å². The van der Waals surface area contributed by atoms with Crippen LogP contribution in [0.2, 0.25) is 0 Å². The first kappa shape index (κ1) is 8.04. The second-order valence-corrected chi connectivity index (χ2v) is 2.87. The number of aliphatic imine (C=N–C) groups is 2. The van der Waals surface area contributed by atoms with Gasteiger partial charge in [-0.05, 0) is 6.92 Å². The van der Waals surface area contributed by atoms with Crippen LogP contribution in [0.1, 0.15) is 13.3 Å². The lowest BCUT2D eigenvalue weighted by molar-refractivity contribution is 0.592. The third kappa shape index (κ3) is 1.93. The molecule has 0 spiro atoms. The SMILES string of the molecule is CC1N=C(N)CC(N(C)C)=N1. The number of amidine groups is 2. The average molecular weight is 154 g/mol. The van der Waals surface area contributed by atoms with Crippen molar-refractivity contribution in [3.8, 4) is 0 Å². The molecule has 0 fully saturated rings. The standard InChI is InChI=1S/C7H14N4/c1-5-9-6(8)4-7(10-5)11(2)3/h5H,4H2,1-3H3,(H2,8,9). The third-order valence-electron chi connectivity index (χ3n) is 1.54. The van der Waals surface area contributed by atoms with E-state index in [-0.39, 0.29) is 6.17 Å². The second kappa shape index (κ2) is 2.90. The van der Waals surface area contributed by atoms with Crippen LogP contribution < -0.4 is 5.73 Å². The fourth-order valence-corrected chi connectivity index (χ4v) is 1.01. The highest BCUT2D eigenvalue weighted by molar-refractivity contribution is 6.02. The Kier molecular flexibility index (Phi) is 2.12. The Hall–Kier alpha value is -1.06. The van der Waals surface area contributed by atoms with E-state index >= 15 is 0 Å². The molecule has 0 aromatic heterocycles. The van der Waals surface area contributed by atoms with Crippen molar-refractivity contribution < 1.29 is 0 Å². The van der Waals surface area contributed by atoms with Crippen LogP contribution in [0.3, 0.4) is 0 Å². The molecular formula is C7H14N4. The fourth-order valence-electron chi connectivity index (χ4n) is 1.01. The van der Waals surface area contributed by atoms with Gasteiger partial charge in [0.15, 0.2) is 0 Å². The first-order valence-electron chi connectivity index (χ1n) is 3.65. The lowest BCUT2D eigenvalue weighted by Gasteiger charge is -2.20. The van der Waals surface area contributed by atoms with Crippen molar-refractivity contribution in [3.63, 3.8) is 0 Å². The van der Waals surface area contributed by atoms with Crippen LogP contribution in [-0.4, -0.2) is 36.8 Å². The Balaban J connectivity index is 2.71. The molecule has 1 rings (SSSR count). The highest BCUT2D eigenvalue weighted by atomic mass is 15.2. The summed E-state index contributed by atoms with van der Waals surface area (Å²) < 4.78 is 0. The molecule has 0 saturated carbocycles. The molecule has 4 heteroatoms. The van der Waals surface area contributed by atoms with Crippen LogP contribution in [0.4, 0.5) is 0 Å². The van der Waals surface area contributed by atoms with Crippen LogP contribution in [0.5, 0.6) is 0 Å². The minimum atomic E-state index is -0.0128. The minimum absolute atomic E-state index is 0.0128. The van der Waals surface area contributed by atoms with E-state index in [2.05, 4.69) is 9.98 Å². The monoisotopic (exact) mass is 154 g/mol. The summed E-state index contributed by atoms with van der Waals surface area (Å²) in [5.74, 6) is 1.68. The molecule has 1 aliphatic rings. The number of nitrogens with two attached hydrogens (primary N) is 1. The third-order valence-corrected chi connectivity index (χ3v) is 1.54. The average Bonchev–Trinajstić information content (AvgIpc) is 1.85. The molecule has 0 radical (unpaired) electrons. The summed E-state index contributed by atoms with van der Waals surface area (Å²) in [6, 6.07) is 0. The van der Waals surface area contributed by atoms with Gasteiger partial charge in [-0.1, -0.05) is 0 Å². The van der Waals surface area contributed by atoms with Gasteiger partial charge in [0.05, 0.1) is 6.42 Å². The summed E-state index contributed by atoms with van der Waals surface area (Å²) >= 11 is 0. The Labute approximate surface area is 66.8 Å². The first-order chi connectivity index (χ1) is 5.09. The molecule has 62 valence electrons. The topological polar surface area (TPSA) is 54.0 Å². The van der Waals surface area contributed by atoms with E-state index in [1.54, 1.807) is 0 Å². The normalized spacial score (nSPS) is 24.1. The van der Waals surface area contributed by atoms with Gasteiger partial charge >= 0.3 is 0 Å². The smallest absolute Gasteiger partial charge is 0.140 e. The van der Waals surface area contributed by atoms with E-state index in [9.17, 15) is 0 Å². The molecule has 0 aromatic carbocycles. The maximum atomic E-state index is 5.60. The van der Waals surface area contributed by atoms with Crippen LogP contribution in [-0.2, 0) is 0 Å². The lowest BCUT2D eigenvalue weighted by Crippen LogP contribution is -2.32. The van der Waals surface area contributed by atoms with Gasteiger partial charge in [0, 0.05) is 14.1 Å². The van der Waals surface area contributed by atoms with E-state index in [4.69, 9.17) is 5.73 Å². The van der Waals surface area contributed by atoms with Gasteiger partial charge in [-0.2, -0.15) is 0 Å². The molecule has 0 bridgehead atoms. The summed E-state index contributed by atoms with van der Waals surface area (Å²) in [6.07, 6.45) is 0.665. The molecule has 1 aliphatic heterocycles. The Bertz CT molecular complexity index is 204. The molecule has 0 saturated heterocycles. The van der Waals surface area contributed by atoms with Crippen molar-refractivity contribution in [2.75, 3.05) is 14.1 Å². The molecule has 11 heavy (non-hydrogen) atoms. The Morgan fingerprint density at radius 3 is 2.55 bits per heavy atom. The van der Waals surface area contributed by atoms with E-state index in [1.807, 2.05) is 25.9 Å². The highest BCUT2D eigenvalue weighted by Crippen LogP contribution is 2.04. The van der Waals surface area contributed by atoms with E-state index < -0.39 is 0 Å². The Morgan fingerprint density at radius 2 is 2.09 bits per heavy atom. The van der Waals surface area contributed by atoms with Crippen molar-refractivity contribution in [3.05, 3.63) is 0 Å². The molecule has 1 atom stereocenters. The largest absolute Gasteiger partial charge is 0.387 e. The van der Waals surface area contributed by atoms with Gasteiger partial charge < -0.3 is 10.6 Å². The van der Waals surface area contributed by atoms with Crippen molar-refractivity contribution in [1.29, 1.82) is 0 Å². The summed E-state index contributed by atoms with van der Waals surface area (Å²) in [5.41, 5.74) is 5.60. The molecule has 0 aromatic rings. The van der Waals surface area contributed by atoms with Crippen LogP contribution >= 0.6 is 0 Å². The van der Waals surface area contributed by atoms with Crippen molar-refractivity contribution in [2.24, 2.45) is 15.7 Å². The summed E-state index contributed by atoms with van der Waals surface area (Å²) in [5, 5.41) is 0. The van der Waals surface area contributed by atoms with Gasteiger partial charge in [0.25, 0.3) is 0 Å². The molecule has 4 nitrogen and oxygen atoms in total. The number of nitrogens with zero attached hydrogens (tertiary/aromatic N) is 3. The minimum Gasteiger partial charge on any atom is -0.387 e. The lowest BCUT2D eigenvalue weighted by atomic mass is 10.3. The van der Waals surface area contributed by atoms with Crippen molar-refractivity contribution >= 4 is 11.7 Å². The highest BCUT2D eigenvalue weighted by Gasteiger charge is 2.12. The Morgan fingerprint density at radius 1 is 1.45 bits per heavy atom. The van der Waals surface area contributed by atoms with Gasteiger partial charge in [-0.25, -0.2) is 9.98 Å². The van der Waals surface area contributed by atoms with E-state index in [1.165, 1.54) is 0 Å². The molecule has 0 aliphatic carbocycles. The van der Waals surface area contributed by atoms with Crippen LogP contribution in [0, 0.1) is 0 Å². The predicted molar refractivity (Wildman–Crippen MR) is 46.8 cm³/mol. The molecule has 2 N–H and O–H groups in total. The van der Waals surface area contributed by atoms with Gasteiger partial charge in [0.2, 0.25) is 0 Å². The van der Waals surface area contributed by atoms with E-state index in [0.29, 0.717) is 12.3 Å².